The fourth-order valence-corrected chi connectivity index (χ4v) is 10.1. The van der Waals surface area contributed by atoms with Crippen LogP contribution in [-0.4, -0.2) is 11.5 Å². The quantitative estimate of drug-likeness (QED) is 0.167. The molecule has 58 heavy (non-hydrogen) atoms. The van der Waals surface area contributed by atoms with Crippen molar-refractivity contribution in [3.63, 3.8) is 0 Å². The molecule has 8 aromatic carbocycles. The van der Waals surface area contributed by atoms with Crippen LogP contribution >= 0.6 is 0 Å². The fourth-order valence-electron chi connectivity index (χ4n) is 10.1. The molecule has 0 N–H and O–H groups in total. The van der Waals surface area contributed by atoms with Crippen molar-refractivity contribution in [3.8, 4) is 33.7 Å². The molecule has 278 valence electrons. The summed E-state index contributed by atoms with van der Waals surface area (Å²) in [5.74, 6) is 0.922. The summed E-state index contributed by atoms with van der Waals surface area (Å²) in [6.07, 6.45) is 0. The maximum absolute atomic E-state index is 6.89. The number of aryl methyl sites for hydroxylation is 3. The van der Waals surface area contributed by atoms with Crippen LogP contribution in [-0.2, 0) is 5.41 Å². The Hall–Kier alpha value is -6.78. The first kappa shape index (κ1) is 34.5. The molecule has 2 aliphatic heterocycles. The predicted molar refractivity (Wildman–Crippen MR) is 245 cm³/mol. The lowest BCUT2D eigenvalue weighted by molar-refractivity contribution is 0.590. The third kappa shape index (κ3) is 5.14. The minimum atomic E-state index is -0.230. The van der Waals surface area contributed by atoms with Gasteiger partial charge in [0, 0.05) is 33.1 Å². The molecule has 0 bridgehead atoms. The molecule has 9 aromatic rings. The van der Waals surface area contributed by atoms with Gasteiger partial charge in [0.25, 0.3) is 0 Å². The van der Waals surface area contributed by atoms with Gasteiger partial charge in [0.05, 0.1) is 22.4 Å². The van der Waals surface area contributed by atoms with Crippen LogP contribution in [0.5, 0.6) is 5.75 Å². The molecule has 0 amide bonds. The molecule has 2 aliphatic rings. The zero-order valence-electron chi connectivity index (χ0n) is 33.5. The summed E-state index contributed by atoms with van der Waals surface area (Å²) in [5.41, 5.74) is 20.6. The minimum Gasteiger partial charge on any atom is -0.551 e. The second kappa shape index (κ2) is 12.9. The third-order valence-electron chi connectivity index (χ3n) is 12.7. The lowest BCUT2D eigenvalue weighted by Gasteiger charge is -2.42. The van der Waals surface area contributed by atoms with Crippen LogP contribution in [0.4, 0.5) is 17.1 Å². The molecule has 11 rings (SSSR count). The maximum Gasteiger partial charge on any atom is 0.427 e. The van der Waals surface area contributed by atoms with Crippen LogP contribution in [0.25, 0.3) is 49.7 Å². The highest BCUT2D eigenvalue weighted by atomic mass is 16.4. The maximum atomic E-state index is 6.89. The Bertz CT molecular complexity index is 3100. The Morgan fingerprint density at radius 1 is 0.500 bits per heavy atom. The smallest absolute Gasteiger partial charge is 0.427 e. The monoisotopic (exact) mass is 746 g/mol. The molecule has 0 aliphatic carbocycles. The highest BCUT2D eigenvalue weighted by Crippen LogP contribution is 2.53. The van der Waals surface area contributed by atoms with Gasteiger partial charge < -0.3 is 14.1 Å². The predicted octanol–water partition coefficient (Wildman–Crippen LogP) is 12.7. The van der Waals surface area contributed by atoms with E-state index in [9.17, 15) is 0 Å². The average molecular weight is 747 g/mol. The Kier molecular flexibility index (Phi) is 7.65. The summed E-state index contributed by atoms with van der Waals surface area (Å²) >= 11 is 0. The van der Waals surface area contributed by atoms with Crippen molar-refractivity contribution in [1.82, 2.24) is 4.57 Å². The van der Waals surface area contributed by atoms with Crippen molar-refractivity contribution < 1.29 is 4.65 Å². The number of anilines is 3. The van der Waals surface area contributed by atoms with Gasteiger partial charge >= 0.3 is 6.92 Å². The van der Waals surface area contributed by atoms with Crippen molar-refractivity contribution >= 4 is 56.7 Å². The number of aromatic nitrogens is 1. The molecular weight excluding hydrogens is 703 g/mol. The fraction of sp³-hybridized carbons (Fsp3) is 0.111. The lowest BCUT2D eigenvalue weighted by Crippen LogP contribution is -2.52. The van der Waals surface area contributed by atoms with Crippen LogP contribution < -0.4 is 20.5 Å². The molecule has 0 saturated heterocycles. The zero-order chi connectivity index (χ0) is 39.3. The topological polar surface area (TPSA) is 17.4 Å². The van der Waals surface area contributed by atoms with E-state index in [2.05, 4.69) is 214 Å². The van der Waals surface area contributed by atoms with Gasteiger partial charge in [0.15, 0.2) is 0 Å². The van der Waals surface area contributed by atoms with Crippen LogP contribution in [0.2, 0.25) is 0 Å². The third-order valence-corrected chi connectivity index (χ3v) is 12.7. The van der Waals surface area contributed by atoms with E-state index in [4.69, 9.17) is 4.65 Å². The number of rotatable bonds is 4. The van der Waals surface area contributed by atoms with Crippen LogP contribution in [0, 0.1) is 20.8 Å². The summed E-state index contributed by atoms with van der Waals surface area (Å²) in [7, 11) is 0. The normalized spacial score (nSPS) is 13.8. The van der Waals surface area contributed by atoms with E-state index in [0.717, 1.165) is 17.0 Å². The van der Waals surface area contributed by atoms with Crippen LogP contribution in [0.15, 0.2) is 170 Å². The molecule has 1 aromatic heterocycles. The summed E-state index contributed by atoms with van der Waals surface area (Å²) in [4.78, 5) is 2.48. The average Bonchev–Trinajstić information content (AvgIpc) is 3.57. The first-order valence-corrected chi connectivity index (χ1v) is 20.4. The van der Waals surface area contributed by atoms with Crippen molar-refractivity contribution in [2.45, 2.75) is 40.0 Å². The number of nitrogens with zero attached hydrogens (tertiary/aromatic N) is 2. The van der Waals surface area contributed by atoms with Crippen molar-refractivity contribution in [3.05, 3.63) is 198 Å². The van der Waals surface area contributed by atoms with Gasteiger partial charge in [-0.3, -0.25) is 0 Å². The van der Waals surface area contributed by atoms with Crippen molar-refractivity contribution in [2.75, 3.05) is 4.90 Å². The highest BCUT2D eigenvalue weighted by molar-refractivity contribution is 6.83. The second-order valence-electron chi connectivity index (χ2n) is 16.7. The van der Waals surface area contributed by atoms with E-state index < -0.39 is 0 Å². The van der Waals surface area contributed by atoms with Crippen molar-refractivity contribution in [2.24, 2.45) is 0 Å². The van der Waals surface area contributed by atoms with Gasteiger partial charge in [-0.05, 0) is 126 Å². The molecule has 0 fully saturated rings. The van der Waals surface area contributed by atoms with Gasteiger partial charge in [-0.25, -0.2) is 0 Å². The number of benzene rings is 8. The first-order chi connectivity index (χ1) is 28.3. The Balaban J connectivity index is 1.07. The summed E-state index contributed by atoms with van der Waals surface area (Å²) in [5, 5.41) is 2.52. The molecule has 0 spiro atoms. The van der Waals surface area contributed by atoms with Crippen LogP contribution in [0.1, 0.15) is 41.7 Å². The minimum absolute atomic E-state index is 0.193. The molecule has 0 radical (unpaired) electrons. The molecular formula is C54H43BN2O. The van der Waals surface area contributed by atoms with E-state index in [1.54, 1.807) is 0 Å². The van der Waals surface area contributed by atoms with Gasteiger partial charge in [-0.15, -0.1) is 0 Å². The van der Waals surface area contributed by atoms with E-state index in [0.29, 0.717) is 0 Å². The summed E-state index contributed by atoms with van der Waals surface area (Å²) < 4.78 is 9.27. The molecule has 3 heterocycles. The van der Waals surface area contributed by atoms with Gasteiger partial charge in [0.1, 0.15) is 5.75 Å². The SMILES string of the molecule is Cc1cc(C)c(B2Oc3ccccc3-c3cc(N4c5ccccc5C(C)(C)c5cc(-c6ccc7c(c6)c6ccccc6n7-c6ccccc6)ccc54)ccc32)c(C)c1. The number of hydrogen-bond donors (Lipinski definition) is 0. The number of fused-ring (bicyclic) bond motifs is 8. The molecule has 4 heteroatoms. The van der Waals surface area contributed by atoms with E-state index in [-0.39, 0.29) is 12.3 Å². The Morgan fingerprint density at radius 3 is 2.02 bits per heavy atom. The molecule has 0 atom stereocenters. The van der Waals surface area contributed by atoms with Crippen molar-refractivity contribution in [1.29, 1.82) is 0 Å². The first-order valence-electron chi connectivity index (χ1n) is 20.4. The molecule has 0 unspecified atom stereocenters. The van der Waals surface area contributed by atoms with E-state index in [1.807, 2.05) is 0 Å². The second-order valence-corrected chi connectivity index (χ2v) is 16.7. The summed E-state index contributed by atoms with van der Waals surface area (Å²) in [6, 6.07) is 62.5. The summed E-state index contributed by atoms with van der Waals surface area (Å²) in [6.45, 7) is 11.2. The highest BCUT2D eigenvalue weighted by Gasteiger charge is 2.39. The Labute approximate surface area is 340 Å². The zero-order valence-corrected chi connectivity index (χ0v) is 33.5. The number of hydrogen-bond acceptors (Lipinski definition) is 2. The van der Waals surface area contributed by atoms with Gasteiger partial charge in [0.2, 0.25) is 0 Å². The van der Waals surface area contributed by atoms with Gasteiger partial charge in [-0.2, -0.15) is 0 Å². The van der Waals surface area contributed by atoms with E-state index in [1.165, 1.54) is 94.3 Å². The Morgan fingerprint density at radius 2 is 1.17 bits per heavy atom. The molecule has 0 saturated carbocycles. The standard InChI is InChI=1S/C54H43BN2O/c1-34-29-35(2)53(36(3)30-34)55-47-26-25-40(33-43(47)42-18-10-14-22-52(42)58-55)57-50-21-13-11-19-45(50)54(4,5)46-32-38(24-28-51(46)57)37-23-27-49-44(31-37)41-17-9-12-20-48(41)56(49)39-15-7-6-8-16-39/h6-33H,1-5H3. The van der Waals surface area contributed by atoms with Crippen LogP contribution in [0.3, 0.4) is 0 Å². The lowest BCUT2D eigenvalue weighted by atomic mass is 9.50. The van der Waals surface area contributed by atoms with E-state index >= 15 is 0 Å². The van der Waals surface area contributed by atoms with Gasteiger partial charge in [-0.1, -0.05) is 134 Å². The largest absolute Gasteiger partial charge is 0.551 e. The number of para-hydroxylation sites is 4. The molecule has 3 nitrogen and oxygen atoms in total.